The quantitative estimate of drug-likeness (QED) is 0.577. The van der Waals surface area contributed by atoms with Crippen molar-refractivity contribution in [3.05, 3.63) is 33.2 Å². The van der Waals surface area contributed by atoms with Crippen LogP contribution in [0, 0.1) is 6.92 Å². The SMILES string of the molecule is Cc1csc(-c2c(NC(=O)C3=CCCC3)sc3c2CCC(F)(F)C3)n1.O=C(O)O. The number of fused-ring (bicyclic) bond motifs is 1. The van der Waals surface area contributed by atoms with Crippen LogP contribution in [-0.4, -0.2) is 33.2 Å². The summed E-state index contributed by atoms with van der Waals surface area (Å²) in [7, 11) is 0. The number of aryl methyl sites for hydroxylation is 1. The molecular formula is C19H20F2N2O4S2. The van der Waals surface area contributed by atoms with E-state index in [2.05, 4.69) is 10.3 Å². The molecule has 0 unspecified atom stereocenters. The third-order valence-corrected chi connectivity index (χ3v) is 6.77. The number of allylic oxidation sites excluding steroid dienone is 1. The number of nitrogens with one attached hydrogen (secondary N) is 1. The lowest BCUT2D eigenvalue weighted by molar-refractivity contribution is -0.112. The van der Waals surface area contributed by atoms with Gasteiger partial charge in [-0.1, -0.05) is 6.08 Å². The number of alkyl halides is 2. The molecule has 2 heterocycles. The van der Waals surface area contributed by atoms with Crippen LogP contribution in [0.15, 0.2) is 17.0 Å². The van der Waals surface area contributed by atoms with Crippen LogP contribution < -0.4 is 5.32 Å². The fourth-order valence-electron chi connectivity index (χ4n) is 3.39. The number of rotatable bonds is 3. The van der Waals surface area contributed by atoms with Crippen LogP contribution in [-0.2, 0) is 17.6 Å². The number of thiazole rings is 1. The Balaban J connectivity index is 0.000000552. The summed E-state index contributed by atoms with van der Waals surface area (Å²) in [6, 6.07) is 0. The standard InChI is InChI=1S/C18H18F2N2OS2.CH2O3/c1-10-9-24-16(21-10)14-12-6-7-18(19,20)8-13(12)25-17(14)22-15(23)11-4-2-3-5-11;2-1(3)4/h4,9H,2-3,5-8H2,1H3,(H,22,23);(H2,2,3,4). The summed E-state index contributed by atoms with van der Waals surface area (Å²) in [5, 5.41) is 20.3. The van der Waals surface area contributed by atoms with Gasteiger partial charge in [-0.05, 0) is 38.2 Å². The average molecular weight is 443 g/mol. The van der Waals surface area contributed by atoms with Crippen molar-refractivity contribution in [1.29, 1.82) is 0 Å². The van der Waals surface area contributed by atoms with Gasteiger partial charge in [0.2, 0.25) is 0 Å². The molecule has 0 aliphatic heterocycles. The van der Waals surface area contributed by atoms with E-state index in [-0.39, 0.29) is 18.7 Å². The molecule has 0 fully saturated rings. The minimum Gasteiger partial charge on any atom is -0.450 e. The smallest absolute Gasteiger partial charge is 0.450 e. The first kappa shape index (κ1) is 21.4. The van der Waals surface area contributed by atoms with Gasteiger partial charge in [0.05, 0.1) is 0 Å². The minimum atomic E-state index is -2.66. The molecule has 0 aromatic carbocycles. The fraction of sp³-hybridized carbons (Fsp3) is 0.421. The summed E-state index contributed by atoms with van der Waals surface area (Å²) in [6.07, 6.45) is 2.76. The second-order valence-electron chi connectivity index (χ2n) is 6.89. The van der Waals surface area contributed by atoms with E-state index in [1.807, 2.05) is 18.4 Å². The molecule has 2 aliphatic carbocycles. The molecule has 3 N–H and O–H groups in total. The molecule has 10 heteroatoms. The lowest BCUT2D eigenvalue weighted by Gasteiger charge is -2.21. The fourth-order valence-corrected chi connectivity index (χ4v) is 5.66. The number of carboxylic acid groups (broad SMARTS) is 2. The monoisotopic (exact) mass is 442 g/mol. The van der Waals surface area contributed by atoms with Crippen LogP contribution in [0.5, 0.6) is 0 Å². The molecule has 0 bridgehead atoms. The minimum absolute atomic E-state index is 0.114. The lowest BCUT2D eigenvalue weighted by atomic mass is 9.93. The van der Waals surface area contributed by atoms with E-state index in [0.717, 1.165) is 46.7 Å². The summed E-state index contributed by atoms with van der Waals surface area (Å²) in [6.45, 7) is 1.91. The summed E-state index contributed by atoms with van der Waals surface area (Å²) in [5.74, 6) is -2.78. The normalized spacial score (nSPS) is 17.0. The van der Waals surface area contributed by atoms with E-state index < -0.39 is 12.1 Å². The molecular weight excluding hydrogens is 422 g/mol. The Morgan fingerprint density at radius 2 is 2.00 bits per heavy atom. The largest absolute Gasteiger partial charge is 0.503 e. The topological polar surface area (TPSA) is 99.5 Å². The van der Waals surface area contributed by atoms with Crippen molar-refractivity contribution < 1.29 is 28.6 Å². The molecule has 4 rings (SSSR count). The number of carbonyl (C=O) groups excluding carboxylic acids is 1. The number of carbonyl (C=O) groups is 2. The van der Waals surface area contributed by atoms with E-state index in [4.69, 9.17) is 15.0 Å². The zero-order chi connectivity index (χ0) is 21.2. The highest BCUT2D eigenvalue weighted by atomic mass is 32.1. The first-order valence-electron chi connectivity index (χ1n) is 9.03. The maximum absolute atomic E-state index is 13.8. The van der Waals surface area contributed by atoms with Crippen LogP contribution in [0.2, 0.25) is 0 Å². The second kappa shape index (κ2) is 8.58. The van der Waals surface area contributed by atoms with Crippen molar-refractivity contribution in [3.63, 3.8) is 0 Å². The van der Waals surface area contributed by atoms with Gasteiger partial charge in [0.15, 0.2) is 0 Å². The molecule has 0 radical (unpaired) electrons. The van der Waals surface area contributed by atoms with Gasteiger partial charge in [0.1, 0.15) is 10.0 Å². The third kappa shape index (κ3) is 5.18. The van der Waals surface area contributed by atoms with E-state index in [1.54, 1.807) is 0 Å². The van der Waals surface area contributed by atoms with Gasteiger partial charge in [-0.2, -0.15) is 0 Å². The zero-order valence-electron chi connectivity index (χ0n) is 15.6. The van der Waals surface area contributed by atoms with Gasteiger partial charge >= 0.3 is 6.16 Å². The van der Waals surface area contributed by atoms with Crippen molar-refractivity contribution in [2.75, 3.05) is 5.32 Å². The van der Waals surface area contributed by atoms with Crippen molar-refractivity contribution >= 4 is 39.7 Å². The molecule has 29 heavy (non-hydrogen) atoms. The highest BCUT2D eigenvalue weighted by Gasteiger charge is 2.38. The summed E-state index contributed by atoms with van der Waals surface area (Å²) in [4.78, 5) is 26.3. The van der Waals surface area contributed by atoms with Crippen LogP contribution in [0.25, 0.3) is 10.6 Å². The highest BCUT2D eigenvalue weighted by molar-refractivity contribution is 7.18. The predicted octanol–water partition coefficient (Wildman–Crippen LogP) is 5.58. The molecule has 0 saturated carbocycles. The first-order chi connectivity index (χ1) is 13.7. The summed E-state index contributed by atoms with van der Waals surface area (Å²) >= 11 is 2.78. The van der Waals surface area contributed by atoms with Crippen molar-refractivity contribution in [2.24, 2.45) is 0 Å². The van der Waals surface area contributed by atoms with Gasteiger partial charge in [-0.15, -0.1) is 22.7 Å². The molecule has 6 nitrogen and oxygen atoms in total. The Bertz CT molecular complexity index is 962. The molecule has 0 spiro atoms. The molecule has 0 atom stereocenters. The molecule has 156 valence electrons. The third-order valence-electron chi connectivity index (χ3n) is 4.64. The van der Waals surface area contributed by atoms with E-state index in [0.29, 0.717) is 16.3 Å². The number of thiophene rings is 1. The van der Waals surface area contributed by atoms with Crippen LogP contribution in [0.4, 0.5) is 18.6 Å². The van der Waals surface area contributed by atoms with E-state index in [1.165, 1.54) is 22.7 Å². The average Bonchev–Trinajstić information content (AvgIpc) is 3.32. The number of halogens is 2. The molecule has 2 aromatic rings. The summed E-state index contributed by atoms with van der Waals surface area (Å²) < 4.78 is 27.7. The maximum Gasteiger partial charge on any atom is 0.503 e. The number of nitrogens with zero attached hydrogens (tertiary/aromatic N) is 1. The molecule has 1 amide bonds. The van der Waals surface area contributed by atoms with Gasteiger partial charge in [-0.25, -0.2) is 18.6 Å². The second-order valence-corrected chi connectivity index (χ2v) is 8.86. The Kier molecular flexibility index (Phi) is 6.33. The number of hydrogen-bond donors (Lipinski definition) is 3. The van der Waals surface area contributed by atoms with Gasteiger partial charge < -0.3 is 15.5 Å². The summed E-state index contributed by atoms with van der Waals surface area (Å²) in [5.41, 5.74) is 3.47. The zero-order valence-corrected chi connectivity index (χ0v) is 17.3. The molecule has 2 aliphatic rings. The van der Waals surface area contributed by atoms with Crippen LogP contribution in [0.3, 0.4) is 0 Å². The Morgan fingerprint density at radius 1 is 1.28 bits per heavy atom. The van der Waals surface area contributed by atoms with Crippen molar-refractivity contribution in [1.82, 2.24) is 4.98 Å². The molecule has 2 aromatic heterocycles. The van der Waals surface area contributed by atoms with Crippen molar-refractivity contribution in [2.45, 2.75) is 51.4 Å². The Morgan fingerprint density at radius 3 is 2.59 bits per heavy atom. The predicted molar refractivity (Wildman–Crippen MR) is 108 cm³/mol. The van der Waals surface area contributed by atoms with Crippen LogP contribution in [0.1, 0.15) is 41.8 Å². The van der Waals surface area contributed by atoms with Crippen molar-refractivity contribution in [3.8, 4) is 10.6 Å². The Hall–Kier alpha value is -2.33. The van der Waals surface area contributed by atoms with E-state index in [9.17, 15) is 13.6 Å². The number of amides is 1. The molecule has 0 saturated heterocycles. The highest BCUT2D eigenvalue weighted by Crippen LogP contribution is 2.48. The van der Waals surface area contributed by atoms with Gasteiger partial charge in [0, 0.05) is 39.9 Å². The van der Waals surface area contributed by atoms with Crippen LogP contribution >= 0.6 is 22.7 Å². The first-order valence-corrected chi connectivity index (χ1v) is 10.7. The lowest BCUT2D eigenvalue weighted by Crippen LogP contribution is -2.24. The number of anilines is 1. The number of aromatic nitrogens is 1. The Labute approximate surface area is 173 Å². The van der Waals surface area contributed by atoms with Gasteiger partial charge in [-0.3, -0.25) is 4.79 Å². The maximum atomic E-state index is 13.8. The van der Waals surface area contributed by atoms with E-state index >= 15 is 0 Å². The van der Waals surface area contributed by atoms with Gasteiger partial charge in [0.25, 0.3) is 11.8 Å². The number of hydrogen-bond acceptors (Lipinski definition) is 5.